The van der Waals surface area contributed by atoms with Gasteiger partial charge < -0.3 is 14.6 Å². The minimum Gasteiger partial charge on any atom is -0.469 e. The second-order valence-electron chi connectivity index (χ2n) is 9.35. The van der Waals surface area contributed by atoms with Crippen LogP contribution >= 0.6 is 15.9 Å². The molecule has 0 spiro atoms. The summed E-state index contributed by atoms with van der Waals surface area (Å²) in [4.78, 5) is 23.6. The molecular weight excluding hydrogens is 494 g/mol. The molecule has 1 fully saturated rings. The van der Waals surface area contributed by atoms with Crippen LogP contribution in [-0.4, -0.2) is 53.3 Å². The second-order valence-corrected chi connectivity index (χ2v) is 10.3. The average Bonchev–Trinajstić information content (AvgIpc) is 3.20. The van der Waals surface area contributed by atoms with Crippen LogP contribution in [0.25, 0.3) is 10.9 Å². The Morgan fingerprint density at radius 1 is 1.29 bits per heavy atom. The number of fused-ring (bicyclic) bond motifs is 5. The van der Waals surface area contributed by atoms with Crippen LogP contribution in [0.3, 0.4) is 0 Å². The SMILES string of the molecule is CC[C@H]1CN(C)C2Cc3c([nH]c4ccccc34)/C(=N/Nc3ccc(Br)cn3)C[C@@H]1[C@@H]2C(=O)OC. The number of benzene rings is 1. The molecule has 8 heteroatoms. The Morgan fingerprint density at radius 2 is 2.12 bits per heavy atom. The highest BCUT2D eigenvalue weighted by atomic mass is 79.9. The summed E-state index contributed by atoms with van der Waals surface area (Å²) in [6.45, 7) is 3.17. The molecule has 1 aromatic carbocycles. The van der Waals surface area contributed by atoms with E-state index in [1.807, 2.05) is 18.2 Å². The van der Waals surface area contributed by atoms with Crippen molar-refractivity contribution in [2.45, 2.75) is 32.2 Å². The maximum atomic E-state index is 13.2. The van der Waals surface area contributed by atoms with Crippen molar-refractivity contribution in [3.8, 4) is 0 Å². The number of rotatable bonds is 4. The van der Waals surface area contributed by atoms with Crippen LogP contribution in [0.4, 0.5) is 5.82 Å². The Balaban J connectivity index is 1.65. The largest absolute Gasteiger partial charge is 0.469 e. The summed E-state index contributed by atoms with van der Waals surface area (Å²) in [7, 11) is 3.65. The highest BCUT2D eigenvalue weighted by Gasteiger charge is 2.48. The van der Waals surface area contributed by atoms with Gasteiger partial charge in [-0.15, -0.1) is 0 Å². The van der Waals surface area contributed by atoms with Gasteiger partial charge in [-0.25, -0.2) is 4.98 Å². The van der Waals surface area contributed by atoms with E-state index >= 15 is 0 Å². The zero-order chi connectivity index (χ0) is 23.8. The number of methoxy groups -OCH3 is 1. The fourth-order valence-corrected chi connectivity index (χ4v) is 6.07. The van der Waals surface area contributed by atoms with Gasteiger partial charge in [0, 0.05) is 34.2 Å². The van der Waals surface area contributed by atoms with Crippen molar-refractivity contribution in [2.75, 3.05) is 26.1 Å². The number of piperidine rings is 1. The first-order chi connectivity index (χ1) is 16.5. The van der Waals surface area contributed by atoms with Crippen molar-refractivity contribution in [1.82, 2.24) is 14.9 Å². The molecule has 0 amide bonds. The molecule has 178 valence electrons. The Morgan fingerprint density at radius 3 is 2.85 bits per heavy atom. The predicted molar refractivity (Wildman–Crippen MR) is 138 cm³/mol. The van der Waals surface area contributed by atoms with E-state index in [1.54, 1.807) is 6.20 Å². The lowest BCUT2D eigenvalue weighted by molar-refractivity contribution is -0.154. The van der Waals surface area contributed by atoms with Crippen LogP contribution in [0.15, 0.2) is 52.2 Å². The normalized spacial score (nSPS) is 26.1. The molecule has 0 radical (unpaired) electrons. The Labute approximate surface area is 208 Å². The monoisotopic (exact) mass is 523 g/mol. The predicted octanol–water partition coefficient (Wildman–Crippen LogP) is 4.83. The number of esters is 1. The van der Waals surface area contributed by atoms with Gasteiger partial charge >= 0.3 is 5.97 Å². The van der Waals surface area contributed by atoms with Gasteiger partial charge in [0.1, 0.15) is 5.82 Å². The van der Waals surface area contributed by atoms with Crippen molar-refractivity contribution in [3.05, 3.63) is 58.3 Å². The number of nitrogens with zero attached hydrogens (tertiary/aromatic N) is 3. The van der Waals surface area contributed by atoms with Gasteiger partial charge in [0.25, 0.3) is 0 Å². The zero-order valence-corrected chi connectivity index (χ0v) is 21.3. The molecule has 0 saturated carbocycles. The number of carbonyl (C=O) groups excluding carboxylic acids is 1. The van der Waals surface area contributed by atoms with E-state index in [1.165, 1.54) is 18.1 Å². The van der Waals surface area contributed by atoms with Crippen LogP contribution in [0.5, 0.6) is 0 Å². The number of aromatic nitrogens is 2. The van der Waals surface area contributed by atoms with E-state index in [0.29, 0.717) is 18.2 Å². The lowest BCUT2D eigenvalue weighted by Crippen LogP contribution is -2.56. The number of nitrogens with one attached hydrogen (secondary N) is 2. The van der Waals surface area contributed by atoms with Gasteiger partial charge in [-0.3, -0.25) is 10.2 Å². The van der Waals surface area contributed by atoms with E-state index in [2.05, 4.69) is 68.4 Å². The molecule has 1 unspecified atom stereocenters. The molecule has 4 atom stereocenters. The van der Waals surface area contributed by atoms with E-state index < -0.39 is 0 Å². The van der Waals surface area contributed by atoms with Crippen LogP contribution in [0.1, 0.15) is 31.0 Å². The van der Waals surface area contributed by atoms with Crippen molar-refractivity contribution in [2.24, 2.45) is 22.9 Å². The molecule has 2 N–H and O–H groups in total. The first-order valence-corrected chi connectivity index (χ1v) is 12.6. The van der Waals surface area contributed by atoms with Crippen molar-refractivity contribution in [1.29, 1.82) is 0 Å². The third-order valence-electron chi connectivity index (χ3n) is 7.54. The Bertz CT molecular complexity index is 1220. The van der Waals surface area contributed by atoms with Gasteiger partial charge in [-0.05, 0) is 71.4 Å². The molecule has 3 aromatic rings. The highest BCUT2D eigenvalue weighted by molar-refractivity contribution is 9.10. The minimum atomic E-state index is -0.202. The van der Waals surface area contributed by atoms with Gasteiger partial charge in [-0.2, -0.15) is 5.10 Å². The molecule has 5 rings (SSSR count). The van der Waals surface area contributed by atoms with Gasteiger partial charge in [0.2, 0.25) is 0 Å². The molecule has 7 nitrogen and oxygen atoms in total. The number of para-hydroxylation sites is 1. The molecule has 2 bridgehead atoms. The molecule has 1 aliphatic heterocycles. The summed E-state index contributed by atoms with van der Waals surface area (Å²) in [5.74, 6) is 0.883. The number of hydrogen-bond acceptors (Lipinski definition) is 6. The number of ether oxygens (including phenoxy) is 1. The third kappa shape index (κ3) is 4.14. The number of H-pyrrole nitrogens is 1. The van der Waals surface area contributed by atoms with Crippen LogP contribution in [-0.2, 0) is 16.0 Å². The maximum Gasteiger partial charge on any atom is 0.310 e. The number of likely N-dealkylation sites (N-methyl/N-ethyl adjacent to an activating group) is 1. The van der Waals surface area contributed by atoms with E-state index in [9.17, 15) is 4.79 Å². The first-order valence-electron chi connectivity index (χ1n) is 11.8. The summed E-state index contributed by atoms with van der Waals surface area (Å²) < 4.78 is 6.27. The maximum absolute atomic E-state index is 13.2. The standard InChI is InChI=1S/C26H30BrN5O2/c1-4-15-14-32(2)22-12-19-17-7-5-6-8-20(17)29-25(19)21(11-18(15)24(22)26(33)34-3)30-31-23-10-9-16(27)13-28-23/h5-10,13,15,18,22,24,29H,4,11-12,14H2,1-3H3,(H,28,31)/b30-21+/t15-,18-,22?,24-/m0/s1. The topological polar surface area (TPSA) is 82.6 Å². The van der Waals surface area contributed by atoms with Gasteiger partial charge in [0.05, 0.1) is 24.4 Å². The Kier molecular flexibility index (Phi) is 6.44. The highest BCUT2D eigenvalue weighted by Crippen LogP contribution is 2.42. The molecule has 1 aliphatic carbocycles. The van der Waals surface area contributed by atoms with E-state index in [4.69, 9.17) is 9.84 Å². The first kappa shape index (κ1) is 23.1. The Hall–Kier alpha value is -2.71. The summed E-state index contributed by atoms with van der Waals surface area (Å²) >= 11 is 3.43. The van der Waals surface area contributed by atoms with Crippen LogP contribution in [0, 0.1) is 17.8 Å². The number of likely N-dealkylation sites (tertiary alicyclic amines) is 1. The van der Waals surface area contributed by atoms with Crippen LogP contribution < -0.4 is 5.43 Å². The molecular formula is C26H30BrN5O2. The van der Waals surface area contributed by atoms with E-state index in [-0.39, 0.29) is 23.8 Å². The minimum absolute atomic E-state index is 0.0841. The summed E-state index contributed by atoms with van der Waals surface area (Å²) in [5.41, 5.74) is 7.43. The number of halogens is 1. The van der Waals surface area contributed by atoms with E-state index in [0.717, 1.165) is 40.8 Å². The summed E-state index contributed by atoms with van der Waals surface area (Å²) in [6, 6.07) is 12.3. The molecule has 3 heterocycles. The number of aromatic amines is 1. The number of anilines is 1. The second kappa shape index (κ2) is 9.50. The number of carbonyl (C=O) groups is 1. The summed E-state index contributed by atoms with van der Waals surface area (Å²) in [6.07, 6.45) is 4.20. The van der Waals surface area contributed by atoms with Crippen molar-refractivity contribution < 1.29 is 9.53 Å². The lowest BCUT2D eigenvalue weighted by atomic mass is 9.67. The number of pyridine rings is 1. The lowest BCUT2D eigenvalue weighted by Gasteiger charge is -2.48. The molecule has 34 heavy (non-hydrogen) atoms. The zero-order valence-electron chi connectivity index (χ0n) is 19.7. The summed E-state index contributed by atoms with van der Waals surface area (Å²) in [5, 5.41) is 6.05. The number of hydrogen-bond donors (Lipinski definition) is 2. The average molecular weight is 524 g/mol. The molecule has 1 saturated heterocycles. The fraction of sp³-hybridized carbons (Fsp3) is 0.423. The number of hydrazone groups is 1. The fourth-order valence-electron chi connectivity index (χ4n) is 5.83. The van der Waals surface area contributed by atoms with Crippen molar-refractivity contribution in [3.63, 3.8) is 0 Å². The molecule has 2 aromatic heterocycles. The molecule has 2 aliphatic rings. The third-order valence-corrected chi connectivity index (χ3v) is 8.01. The van der Waals surface area contributed by atoms with Gasteiger partial charge in [0.15, 0.2) is 0 Å². The van der Waals surface area contributed by atoms with Gasteiger partial charge in [-0.1, -0.05) is 31.5 Å². The van der Waals surface area contributed by atoms with Crippen molar-refractivity contribution >= 4 is 44.3 Å². The quantitative estimate of drug-likeness (QED) is 0.377. The smallest absolute Gasteiger partial charge is 0.310 e. The van der Waals surface area contributed by atoms with Crippen LogP contribution in [0.2, 0.25) is 0 Å².